The molecule has 112 valence electrons. The van der Waals surface area contributed by atoms with Gasteiger partial charge in [-0.15, -0.1) is 0 Å². The van der Waals surface area contributed by atoms with Crippen molar-refractivity contribution < 1.29 is 9.47 Å². The van der Waals surface area contributed by atoms with Crippen LogP contribution in [0.15, 0.2) is 39.3 Å². The first-order chi connectivity index (χ1) is 9.99. The number of alkyl halides is 1. The Kier molecular flexibility index (Phi) is 6.00. The number of hydrogen-bond donors (Lipinski definition) is 0. The normalized spacial score (nSPS) is 12.1. The number of hydrogen-bond acceptors (Lipinski definition) is 2. The molecule has 0 saturated carbocycles. The van der Waals surface area contributed by atoms with Crippen LogP contribution in [0, 0.1) is 0 Å². The van der Waals surface area contributed by atoms with Gasteiger partial charge in [0.2, 0.25) is 0 Å². The molecule has 1 unspecified atom stereocenters. The van der Waals surface area contributed by atoms with Crippen LogP contribution in [0.25, 0.3) is 0 Å². The smallest absolute Gasteiger partial charge is 0.161 e. The van der Waals surface area contributed by atoms with Gasteiger partial charge in [-0.1, -0.05) is 55.6 Å². The molecule has 0 N–H and O–H groups in total. The molecule has 0 aliphatic heterocycles. The highest BCUT2D eigenvalue weighted by Gasteiger charge is 2.20. The predicted molar refractivity (Wildman–Crippen MR) is 97.2 cm³/mol. The first-order valence-corrected chi connectivity index (χ1v) is 8.87. The number of methoxy groups -OCH3 is 2. The summed E-state index contributed by atoms with van der Waals surface area (Å²) >= 11 is 17.1. The van der Waals surface area contributed by atoms with E-state index in [9.17, 15) is 0 Å². The average Bonchev–Trinajstić information content (AvgIpc) is 2.49. The van der Waals surface area contributed by atoms with Gasteiger partial charge in [0.15, 0.2) is 11.5 Å². The van der Waals surface area contributed by atoms with Gasteiger partial charge in [0.25, 0.3) is 0 Å². The van der Waals surface area contributed by atoms with E-state index in [1.165, 1.54) is 0 Å². The van der Waals surface area contributed by atoms with Crippen molar-refractivity contribution in [3.05, 3.63) is 55.4 Å². The predicted octanol–water partition coefficient (Wildman–Crippen LogP) is 6.37. The second-order valence-electron chi connectivity index (χ2n) is 4.23. The molecule has 0 heterocycles. The largest absolute Gasteiger partial charge is 0.493 e. The molecular formula is C15H12Br3ClO2. The third-order valence-corrected chi connectivity index (χ3v) is 6.01. The van der Waals surface area contributed by atoms with Crippen LogP contribution in [0.2, 0.25) is 5.02 Å². The van der Waals surface area contributed by atoms with Gasteiger partial charge in [-0.3, -0.25) is 0 Å². The monoisotopic (exact) mass is 496 g/mol. The van der Waals surface area contributed by atoms with Gasteiger partial charge in [0.1, 0.15) is 0 Å². The van der Waals surface area contributed by atoms with E-state index in [-0.39, 0.29) is 4.83 Å². The minimum atomic E-state index is -0.0725. The molecule has 2 aromatic rings. The third kappa shape index (κ3) is 3.58. The van der Waals surface area contributed by atoms with Crippen molar-refractivity contribution in [2.45, 2.75) is 4.83 Å². The SMILES string of the molecule is COc1cc(Br)c(C(Br)c2cccc(Br)c2Cl)cc1OC. The Morgan fingerprint density at radius 1 is 0.952 bits per heavy atom. The van der Waals surface area contributed by atoms with Gasteiger partial charge in [-0.05, 0) is 45.3 Å². The Balaban J connectivity index is 2.53. The van der Waals surface area contributed by atoms with E-state index >= 15 is 0 Å². The van der Waals surface area contributed by atoms with E-state index in [0.717, 1.165) is 20.1 Å². The molecule has 0 radical (unpaired) electrons. The molecule has 2 aromatic carbocycles. The van der Waals surface area contributed by atoms with Crippen LogP contribution >= 0.6 is 59.4 Å². The number of ether oxygens (including phenoxy) is 2. The summed E-state index contributed by atoms with van der Waals surface area (Å²) in [6, 6.07) is 9.66. The lowest BCUT2D eigenvalue weighted by Gasteiger charge is -2.17. The maximum atomic E-state index is 6.37. The van der Waals surface area contributed by atoms with Crippen LogP contribution in [-0.4, -0.2) is 14.2 Å². The van der Waals surface area contributed by atoms with Gasteiger partial charge < -0.3 is 9.47 Å². The second-order valence-corrected chi connectivity index (χ2v) is 7.24. The quantitative estimate of drug-likeness (QED) is 0.456. The number of benzene rings is 2. The molecule has 0 bridgehead atoms. The number of rotatable bonds is 4. The second kappa shape index (κ2) is 7.36. The van der Waals surface area contributed by atoms with E-state index in [1.807, 2.05) is 30.3 Å². The summed E-state index contributed by atoms with van der Waals surface area (Å²) in [5.74, 6) is 1.35. The highest BCUT2D eigenvalue weighted by Crippen LogP contribution is 2.44. The first kappa shape index (κ1) is 17.1. The van der Waals surface area contributed by atoms with Gasteiger partial charge >= 0.3 is 0 Å². The van der Waals surface area contributed by atoms with Crippen molar-refractivity contribution in [2.75, 3.05) is 14.2 Å². The topological polar surface area (TPSA) is 18.5 Å². The summed E-state index contributed by atoms with van der Waals surface area (Å²) in [6.07, 6.45) is 0. The van der Waals surface area contributed by atoms with Crippen molar-refractivity contribution in [1.82, 2.24) is 0 Å². The Labute approximate surface area is 154 Å². The Bertz CT molecular complexity index is 662. The molecule has 0 saturated heterocycles. The average molecular weight is 499 g/mol. The Morgan fingerprint density at radius 3 is 2.19 bits per heavy atom. The van der Waals surface area contributed by atoms with Gasteiger partial charge in [-0.2, -0.15) is 0 Å². The molecule has 0 aliphatic carbocycles. The van der Waals surface area contributed by atoms with Crippen LogP contribution in [0.3, 0.4) is 0 Å². The van der Waals surface area contributed by atoms with Crippen molar-refractivity contribution in [3.8, 4) is 11.5 Å². The highest BCUT2D eigenvalue weighted by molar-refractivity contribution is 9.11. The van der Waals surface area contributed by atoms with E-state index in [0.29, 0.717) is 16.5 Å². The van der Waals surface area contributed by atoms with Crippen molar-refractivity contribution >= 4 is 59.4 Å². The molecular weight excluding hydrogens is 487 g/mol. The highest BCUT2D eigenvalue weighted by atomic mass is 79.9. The van der Waals surface area contributed by atoms with E-state index < -0.39 is 0 Å². The van der Waals surface area contributed by atoms with E-state index in [4.69, 9.17) is 21.1 Å². The van der Waals surface area contributed by atoms with Crippen molar-refractivity contribution in [3.63, 3.8) is 0 Å². The zero-order chi connectivity index (χ0) is 15.6. The summed E-state index contributed by atoms with van der Waals surface area (Å²) in [5.41, 5.74) is 1.98. The van der Waals surface area contributed by atoms with Crippen LogP contribution in [-0.2, 0) is 0 Å². The fourth-order valence-electron chi connectivity index (χ4n) is 1.95. The Hall–Kier alpha value is -0.230. The van der Waals surface area contributed by atoms with Crippen LogP contribution < -0.4 is 9.47 Å². The summed E-state index contributed by atoms with van der Waals surface area (Å²) in [5, 5.41) is 0.682. The minimum Gasteiger partial charge on any atom is -0.493 e. The summed E-state index contributed by atoms with van der Waals surface area (Å²) in [7, 11) is 3.23. The van der Waals surface area contributed by atoms with E-state index in [1.54, 1.807) is 14.2 Å². The zero-order valence-corrected chi connectivity index (χ0v) is 16.8. The molecule has 0 fully saturated rings. The number of halogens is 4. The fourth-order valence-corrected chi connectivity index (χ4v) is 4.32. The van der Waals surface area contributed by atoms with Crippen LogP contribution in [0.1, 0.15) is 16.0 Å². The molecule has 0 amide bonds. The van der Waals surface area contributed by atoms with Crippen molar-refractivity contribution in [1.29, 1.82) is 0 Å². The maximum absolute atomic E-state index is 6.37. The van der Waals surface area contributed by atoms with Crippen LogP contribution in [0.5, 0.6) is 11.5 Å². The molecule has 21 heavy (non-hydrogen) atoms. The lowest BCUT2D eigenvalue weighted by Crippen LogP contribution is -1.98. The summed E-state index contributed by atoms with van der Waals surface area (Å²) in [4.78, 5) is -0.0725. The lowest BCUT2D eigenvalue weighted by molar-refractivity contribution is 0.354. The minimum absolute atomic E-state index is 0.0725. The zero-order valence-electron chi connectivity index (χ0n) is 11.3. The summed E-state index contributed by atoms with van der Waals surface area (Å²) < 4.78 is 12.4. The molecule has 0 spiro atoms. The molecule has 2 rings (SSSR count). The third-order valence-electron chi connectivity index (χ3n) is 3.03. The Morgan fingerprint density at radius 2 is 1.57 bits per heavy atom. The van der Waals surface area contributed by atoms with Crippen LogP contribution in [0.4, 0.5) is 0 Å². The lowest BCUT2D eigenvalue weighted by atomic mass is 10.0. The molecule has 6 heteroatoms. The van der Waals surface area contributed by atoms with Gasteiger partial charge in [-0.25, -0.2) is 0 Å². The molecule has 2 nitrogen and oxygen atoms in total. The fraction of sp³-hybridized carbons (Fsp3) is 0.200. The maximum Gasteiger partial charge on any atom is 0.161 e. The molecule has 1 atom stereocenters. The van der Waals surface area contributed by atoms with Gasteiger partial charge in [0, 0.05) is 8.95 Å². The van der Waals surface area contributed by atoms with Gasteiger partial charge in [0.05, 0.1) is 24.1 Å². The molecule has 0 aliphatic rings. The first-order valence-electron chi connectivity index (χ1n) is 5.99. The van der Waals surface area contributed by atoms with E-state index in [2.05, 4.69) is 47.8 Å². The summed E-state index contributed by atoms with van der Waals surface area (Å²) in [6.45, 7) is 0. The van der Waals surface area contributed by atoms with Crippen molar-refractivity contribution in [2.24, 2.45) is 0 Å². The standard InChI is InChI=1S/C15H12Br3ClO2/c1-20-12-6-9(11(17)7-13(12)21-2)14(18)8-4-3-5-10(16)15(8)19/h3-7,14H,1-2H3. The molecule has 0 aromatic heterocycles.